The molecule has 3 rings (SSSR count). The Labute approximate surface area is 127 Å². The van der Waals surface area contributed by atoms with E-state index in [9.17, 15) is 4.39 Å². The first kappa shape index (κ1) is 13.7. The summed E-state index contributed by atoms with van der Waals surface area (Å²) >= 11 is 5.98. The Kier molecular flexibility index (Phi) is 3.67. The van der Waals surface area contributed by atoms with E-state index in [4.69, 9.17) is 11.6 Å². The second-order valence-electron chi connectivity index (χ2n) is 4.73. The van der Waals surface area contributed by atoms with E-state index in [1.54, 1.807) is 30.5 Å². The van der Waals surface area contributed by atoms with Crippen LogP contribution in [0.25, 0.3) is 22.5 Å². The summed E-state index contributed by atoms with van der Waals surface area (Å²) < 4.78 is 14.1. The van der Waals surface area contributed by atoms with Gasteiger partial charge in [0.15, 0.2) is 0 Å². The SMILES string of the molecule is Cc1ccnc(-c2ccc(Cl)nc2-c2ccccc2F)c1. The van der Waals surface area contributed by atoms with Gasteiger partial charge in [0.1, 0.15) is 11.0 Å². The lowest BCUT2D eigenvalue weighted by Crippen LogP contribution is -1.94. The molecule has 0 amide bonds. The summed E-state index contributed by atoms with van der Waals surface area (Å²) in [4.78, 5) is 8.65. The van der Waals surface area contributed by atoms with Crippen molar-refractivity contribution in [2.75, 3.05) is 0 Å². The van der Waals surface area contributed by atoms with Crippen LogP contribution in [0, 0.1) is 12.7 Å². The van der Waals surface area contributed by atoms with Crippen LogP contribution in [0.1, 0.15) is 5.56 Å². The molecule has 0 radical (unpaired) electrons. The standard InChI is InChI=1S/C17H12ClFN2/c1-11-8-9-20-15(10-11)13-6-7-16(18)21-17(13)12-4-2-3-5-14(12)19/h2-10H,1H3. The Morgan fingerprint density at radius 2 is 1.81 bits per heavy atom. The quantitative estimate of drug-likeness (QED) is 0.628. The van der Waals surface area contributed by atoms with Crippen LogP contribution < -0.4 is 0 Å². The fourth-order valence-corrected chi connectivity index (χ4v) is 2.33. The number of halogens is 2. The third-order valence-electron chi connectivity index (χ3n) is 3.18. The molecule has 2 nitrogen and oxygen atoms in total. The summed E-state index contributed by atoms with van der Waals surface area (Å²) in [6, 6.07) is 13.9. The minimum absolute atomic E-state index is 0.324. The average molecular weight is 299 g/mol. The lowest BCUT2D eigenvalue weighted by molar-refractivity contribution is 0.631. The molecule has 1 aromatic carbocycles. The largest absolute Gasteiger partial charge is 0.256 e. The van der Waals surface area contributed by atoms with Crippen molar-refractivity contribution in [2.45, 2.75) is 6.92 Å². The van der Waals surface area contributed by atoms with Gasteiger partial charge in [-0.2, -0.15) is 0 Å². The lowest BCUT2D eigenvalue weighted by Gasteiger charge is -2.10. The molecular weight excluding hydrogens is 287 g/mol. The molecule has 0 aliphatic heterocycles. The van der Waals surface area contributed by atoms with Crippen molar-refractivity contribution in [1.29, 1.82) is 0 Å². The number of rotatable bonds is 2. The molecule has 4 heteroatoms. The normalized spacial score (nSPS) is 10.6. The highest BCUT2D eigenvalue weighted by molar-refractivity contribution is 6.29. The summed E-state index contributed by atoms with van der Waals surface area (Å²) in [7, 11) is 0. The Balaban J connectivity index is 2.25. The van der Waals surface area contributed by atoms with E-state index in [2.05, 4.69) is 9.97 Å². The Bertz CT molecular complexity index is 802. The molecule has 0 spiro atoms. The van der Waals surface area contributed by atoms with Crippen LogP contribution in [0.3, 0.4) is 0 Å². The Morgan fingerprint density at radius 3 is 2.57 bits per heavy atom. The van der Waals surface area contributed by atoms with E-state index >= 15 is 0 Å². The minimum Gasteiger partial charge on any atom is -0.256 e. The molecule has 3 aromatic rings. The van der Waals surface area contributed by atoms with Gasteiger partial charge in [0.2, 0.25) is 0 Å². The minimum atomic E-state index is -0.332. The number of nitrogens with zero attached hydrogens (tertiary/aromatic N) is 2. The number of pyridine rings is 2. The van der Waals surface area contributed by atoms with Crippen molar-refractivity contribution in [2.24, 2.45) is 0 Å². The molecule has 0 unspecified atom stereocenters. The molecule has 21 heavy (non-hydrogen) atoms. The second-order valence-corrected chi connectivity index (χ2v) is 5.12. The molecule has 0 aliphatic rings. The zero-order valence-electron chi connectivity index (χ0n) is 11.3. The average Bonchev–Trinajstić information content (AvgIpc) is 2.47. The summed E-state index contributed by atoms with van der Waals surface area (Å²) in [5.41, 5.74) is 3.50. The fourth-order valence-electron chi connectivity index (χ4n) is 2.18. The van der Waals surface area contributed by atoms with E-state index in [-0.39, 0.29) is 5.82 Å². The molecule has 2 aromatic heterocycles. The van der Waals surface area contributed by atoms with Gasteiger partial charge < -0.3 is 0 Å². The second kappa shape index (κ2) is 5.62. The molecule has 0 bridgehead atoms. The lowest BCUT2D eigenvalue weighted by atomic mass is 10.0. The van der Waals surface area contributed by atoms with Crippen molar-refractivity contribution in [3.8, 4) is 22.5 Å². The molecule has 2 heterocycles. The van der Waals surface area contributed by atoms with Crippen molar-refractivity contribution in [3.63, 3.8) is 0 Å². The van der Waals surface area contributed by atoms with E-state index < -0.39 is 0 Å². The number of benzene rings is 1. The predicted octanol–water partition coefficient (Wildman–Crippen LogP) is 4.91. The third-order valence-corrected chi connectivity index (χ3v) is 3.39. The van der Waals surface area contributed by atoms with Crippen LogP contribution in [0.4, 0.5) is 4.39 Å². The first-order valence-corrected chi connectivity index (χ1v) is 6.87. The highest BCUT2D eigenvalue weighted by Gasteiger charge is 2.14. The van der Waals surface area contributed by atoms with Gasteiger partial charge in [-0.25, -0.2) is 9.37 Å². The fraction of sp³-hybridized carbons (Fsp3) is 0.0588. The summed E-state index contributed by atoms with van der Waals surface area (Å²) in [6.45, 7) is 1.98. The number of aryl methyl sites for hydroxylation is 1. The van der Waals surface area contributed by atoms with Gasteiger partial charge in [0, 0.05) is 17.3 Å². The Morgan fingerprint density at radius 1 is 1.00 bits per heavy atom. The van der Waals surface area contributed by atoms with Gasteiger partial charge in [0.05, 0.1) is 11.4 Å². The van der Waals surface area contributed by atoms with Gasteiger partial charge in [-0.15, -0.1) is 0 Å². The van der Waals surface area contributed by atoms with Crippen molar-refractivity contribution in [3.05, 3.63) is 71.3 Å². The van der Waals surface area contributed by atoms with Crippen LogP contribution in [-0.2, 0) is 0 Å². The van der Waals surface area contributed by atoms with Crippen LogP contribution in [-0.4, -0.2) is 9.97 Å². The van der Waals surface area contributed by atoms with E-state index in [0.717, 1.165) is 16.8 Å². The first-order valence-electron chi connectivity index (χ1n) is 6.49. The first-order chi connectivity index (χ1) is 10.1. The zero-order valence-corrected chi connectivity index (χ0v) is 12.1. The van der Waals surface area contributed by atoms with E-state index in [1.807, 2.05) is 25.1 Å². The van der Waals surface area contributed by atoms with Gasteiger partial charge in [-0.3, -0.25) is 4.98 Å². The van der Waals surface area contributed by atoms with Crippen LogP contribution in [0.5, 0.6) is 0 Å². The third kappa shape index (κ3) is 2.78. The maximum absolute atomic E-state index is 14.1. The van der Waals surface area contributed by atoms with Crippen LogP contribution >= 0.6 is 11.6 Å². The molecule has 0 saturated carbocycles. The molecule has 0 fully saturated rings. The Hall–Kier alpha value is -2.26. The summed E-state index contributed by atoms with van der Waals surface area (Å²) in [5, 5.41) is 0.324. The predicted molar refractivity (Wildman–Crippen MR) is 82.6 cm³/mol. The van der Waals surface area contributed by atoms with Crippen LogP contribution in [0.15, 0.2) is 54.7 Å². The summed E-state index contributed by atoms with van der Waals surface area (Å²) in [6.07, 6.45) is 1.73. The molecule has 0 aliphatic carbocycles. The molecular formula is C17H12ClFN2. The van der Waals surface area contributed by atoms with Crippen molar-refractivity contribution in [1.82, 2.24) is 9.97 Å². The van der Waals surface area contributed by atoms with Gasteiger partial charge in [0.25, 0.3) is 0 Å². The molecule has 0 atom stereocenters. The van der Waals surface area contributed by atoms with Crippen molar-refractivity contribution < 1.29 is 4.39 Å². The topological polar surface area (TPSA) is 25.8 Å². The highest BCUT2D eigenvalue weighted by atomic mass is 35.5. The highest BCUT2D eigenvalue weighted by Crippen LogP contribution is 2.32. The van der Waals surface area contributed by atoms with Gasteiger partial charge in [-0.05, 0) is 48.9 Å². The summed E-state index contributed by atoms with van der Waals surface area (Å²) in [5.74, 6) is -0.332. The van der Waals surface area contributed by atoms with Gasteiger partial charge in [-0.1, -0.05) is 23.7 Å². The number of hydrogen-bond acceptors (Lipinski definition) is 2. The van der Waals surface area contributed by atoms with Crippen LogP contribution in [0.2, 0.25) is 5.15 Å². The molecule has 104 valence electrons. The van der Waals surface area contributed by atoms with Crippen molar-refractivity contribution >= 4 is 11.6 Å². The van der Waals surface area contributed by atoms with Gasteiger partial charge >= 0.3 is 0 Å². The molecule has 0 saturated heterocycles. The maximum Gasteiger partial charge on any atom is 0.132 e. The smallest absolute Gasteiger partial charge is 0.132 e. The molecule has 0 N–H and O–H groups in total. The van der Waals surface area contributed by atoms with E-state index in [1.165, 1.54) is 6.07 Å². The number of aromatic nitrogens is 2. The van der Waals surface area contributed by atoms with E-state index in [0.29, 0.717) is 16.4 Å². The zero-order chi connectivity index (χ0) is 14.8. The monoisotopic (exact) mass is 298 g/mol. The number of hydrogen-bond donors (Lipinski definition) is 0. The maximum atomic E-state index is 14.1.